The maximum absolute atomic E-state index is 12.0. The summed E-state index contributed by atoms with van der Waals surface area (Å²) < 4.78 is 5.57. The van der Waals surface area contributed by atoms with Gasteiger partial charge in [0, 0.05) is 19.0 Å². The minimum Gasteiger partial charge on any atom is -0.467 e. The van der Waals surface area contributed by atoms with Crippen LogP contribution < -0.4 is 10.2 Å². The highest BCUT2D eigenvalue weighted by Crippen LogP contribution is 2.27. The van der Waals surface area contributed by atoms with Gasteiger partial charge in [0.1, 0.15) is 6.10 Å². The number of thiocarbonyl (C=S) groups is 1. The van der Waals surface area contributed by atoms with Crippen LogP contribution in [0.3, 0.4) is 0 Å². The number of ether oxygens (including phenoxy) is 1. The molecule has 4 nitrogen and oxygen atoms in total. The summed E-state index contributed by atoms with van der Waals surface area (Å²) in [5.41, 5.74) is 3.23. The molecule has 23 heavy (non-hydrogen) atoms. The number of anilines is 2. The van der Waals surface area contributed by atoms with Crippen LogP contribution >= 0.6 is 23.6 Å². The standard InChI is InChI=1S/C17H18N2O2S2/c1-11-8-14-9-13(5-6-15(14)18-17(22)21-11)10-19(12(2)20)16-4-3-7-23-16/h3-7,9,11H,8,10H2,1-2H3,(H,18,22). The lowest BCUT2D eigenvalue weighted by molar-refractivity contribution is -0.116. The summed E-state index contributed by atoms with van der Waals surface area (Å²) in [6.07, 6.45) is 0.822. The van der Waals surface area contributed by atoms with E-state index in [9.17, 15) is 4.79 Å². The van der Waals surface area contributed by atoms with Crippen LogP contribution in [0.4, 0.5) is 10.7 Å². The molecule has 3 rings (SSSR count). The van der Waals surface area contributed by atoms with E-state index in [-0.39, 0.29) is 12.0 Å². The Morgan fingerprint density at radius 2 is 2.30 bits per heavy atom. The normalized spacial score (nSPS) is 16.8. The van der Waals surface area contributed by atoms with E-state index in [1.165, 1.54) is 0 Å². The summed E-state index contributed by atoms with van der Waals surface area (Å²) in [7, 11) is 0. The SMILES string of the molecule is CC(=O)N(Cc1ccc2c(c1)CC(C)OC(=S)N2)c1cccs1. The second kappa shape index (κ2) is 6.68. The van der Waals surface area contributed by atoms with Crippen molar-refractivity contribution < 1.29 is 9.53 Å². The zero-order valence-electron chi connectivity index (χ0n) is 13.0. The summed E-state index contributed by atoms with van der Waals surface area (Å²) in [5.74, 6) is 0.0402. The topological polar surface area (TPSA) is 41.6 Å². The third-order valence-electron chi connectivity index (χ3n) is 3.71. The molecule has 0 aliphatic carbocycles. The van der Waals surface area contributed by atoms with Crippen molar-refractivity contribution in [2.24, 2.45) is 0 Å². The third kappa shape index (κ3) is 3.71. The molecule has 0 spiro atoms. The van der Waals surface area contributed by atoms with E-state index >= 15 is 0 Å². The molecule has 0 saturated heterocycles. The first kappa shape index (κ1) is 16.0. The van der Waals surface area contributed by atoms with Crippen LogP contribution in [-0.4, -0.2) is 17.2 Å². The lowest BCUT2D eigenvalue weighted by atomic mass is 10.0. The number of hydrogen-bond donors (Lipinski definition) is 1. The van der Waals surface area contributed by atoms with Gasteiger partial charge in [-0.05, 0) is 53.8 Å². The van der Waals surface area contributed by atoms with Crippen molar-refractivity contribution in [1.29, 1.82) is 0 Å². The van der Waals surface area contributed by atoms with Gasteiger partial charge >= 0.3 is 0 Å². The first-order valence-corrected chi connectivity index (χ1v) is 8.73. The van der Waals surface area contributed by atoms with E-state index in [0.29, 0.717) is 11.7 Å². The summed E-state index contributed by atoms with van der Waals surface area (Å²) in [6.45, 7) is 4.16. The first-order chi connectivity index (χ1) is 11.0. The second-order valence-corrected chi connectivity index (χ2v) is 6.89. The lowest BCUT2D eigenvalue weighted by Gasteiger charge is -2.20. The molecule has 0 fully saturated rings. The molecule has 0 bridgehead atoms. The number of thiophene rings is 1. The molecular weight excluding hydrogens is 328 g/mol. The Hall–Kier alpha value is -1.92. The molecule has 6 heteroatoms. The number of nitrogens with zero attached hydrogens (tertiary/aromatic N) is 1. The Kier molecular flexibility index (Phi) is 4.63. The van der Waals surface area contributed by atoms with Crippen molar-refractivity contribution in [1.82, 2.24) is 0 Å². The van der Waals surface area contributed by atoms with Crippen molar-refractivity contribution in [3.63, 3.8) is 0 Å². The maximum atomic E-state index is 12.0. The quantitative estimate of drug-likeness (QED) is 0.854. The zero-order valence-corrected chi connectivity index (χ0v) is 14.7. The predicted octanol–water partition coefficient (Wildman–Crippen LogP) is 3.96. The summed E-state index contributed by atoms with van der Waals surface area (Å²) in [4.78, 5) is 13.8. The summed E-state index contributed by atoms with van der Waals surface area (Å²) in [6, 6.07) is 10.1. The number of benzene rings is 1. The van der Waals surface area contributed by atoms with Crippen molar-refractivity contribution in [3.8, 4) is 0 Å². The van der Waals surface area contributed by atoms with Crippen LogP contribution in [0.25, 0.3) is 0 Å². The molecule has 0 saturated carbocycles. The Balaban J connectivity index is 1.86. The van der Waals surface area contributed by atoms with Crippen molar-refractivity contribution in [3.05, 3.63) is 46.8 Å². The smallest absolute Gasteiger partial charge is 0.261 e. The Labute approximate surface area is 145 Å². The molecule has 1 amide bonds. The van der Waals surface area contributed by atoms with E-state index < -0.39 is 0 Å². The van der Waals surface area contributed by atoms with Crippen molar-refractivity contribution in [2.75, 3.05) is 10.2 Å². The molecule has 1 aromatic carbocycles. The molecular formula is C17H18N2O2S2. The van der Waals surface area contributed by atoms with Gasteiger partial charge in [-0.3, -0.25) is 9.69 Å². The minimum atomic E-state index is 0.0349. The average molecular weight is 346 g/mol. The average Bonchev–Trinajstić information content (AvgIpc) is 2.95. The fraction of sp³-hybridized carbons (Fsp3) is 0.294. The maximum Gasteiger partial charge on any atom is 0.261 e. The molecule has 1 atom stereocenters. The Bertz CT molecular complexity index is 728. The largest absolute Gasteiger partial charge is 0.467 e. The van der Waals surface area contributed by atoms with E-state index in [1.807, 2.05) is 36.6 Å². The molecule has 2 heterocycles. The molecule has 1 unspecified atom stereocenters. The number of fused-ring (bicyclic) bond motifs is 1. The van der Waals surface area contributed by atoms with Gasteiger partial charge in [0.25, 0.3) is 5.17 Å². The van der Waals surface area contributed by atoms with Crippen LogP contribution in [0, 0.1) is 0 Å². The molecule has 2 aromatic rings. The second-order valence-electron chi connectivity index (χ2n) is 5.59. The van der Waals surface area contributed by atoms with Gasteiger partial charge in [-0.2, -0.15) is 0 Å². The number of hydrogen-bond acceptors (Lipinski definition) is 4. The van der Waals surface area contributed by atoms with Crippen molar-refractivity contribution >= 4 is 45.3 Å². The zero-order chi connectivity index (χ0) is 16.4. The molecule has 1 aromatic heterocycles. The van der Waals surface area contributed by atoms with Gasteiger partial charge in [0.2, 0.25) is 5.91 Å². The highest BCUT2D eigenvalue weighted by molar-refractivity contribution is 7.80. The van der Waals surface area contributed by atoms with E-state index in [0.717, 1.165) is 28.2 Å². The van der Waals surface area contributed by atoms with Gasteiger partial charge in [0.15, 0.2) is 0 Å². The van der Waals surface area contributed by atoms with Gasteiger partial charge in [-0.25, -0.2) is 0 Å². The van der Waals surface area contributed by atoms with E-state index in [2.05, 4.69) is 11.4 Å². The molecule has 0 radical (unpaired) electrons. The summed E-state index contributed by atoms with van der Waals surface area (Å²) >= 11 is 6.72. The fourth-order valence-corrected chi connectivity index (χ4v) is 3.71. The van der Waals surface area contributed by atoms with Gasteiger partial charge in [-0.15, -0.1) is 11.3 Å². The van der Waals surface area contributed by atoms with Crippen LogP contribution in [0.1, 0.15) is 25.0 Å². The number of rotatable bonds is 3. The van der Waals surface area contributed by atoms with E-state index in [1.54, 1.807) is 23.2 Å². The first-order valence-electron chi connectivity index (χ1n) is 7.44. The fourth-order valence-electron chi connectivity index (χ4n) is 2.66. The van der Waals surface area contributed by atoms with Crippen LogP contribution in [0.2, 0.25) is 0 Å². The van der Waals surface area contributed by atoms with Gasteiger partial charge in [-0.1, -0.05) is 12.1 Å². The van der Waals surface area contributed by atoms with Gasteiger partial charge < -0.3 is 10.1 Å². The molecule has 1 N–H and O–H groups in total. The minimum absolute atomic E-state index is 0.0349. The molecule has 1 aliphatic heterocycles. The van der Waals surface area contributed by atoms with Crippen LogP contribution in [-0.2, 0) is 22.5 Å². The highest BCUT2D eigenvalue weighted by atomic mass is 32.1. The number of amides is 1. The van der Waals surface area contributed by atoms with E-state index in [4.69, 9.17) is 17.0 Å². The van der Waals surface area contributed by atoms with Crippen molar-refractivity contribution in [2.45, 2.75) is 32.9 Å². The number of nitrogens with one attached hydrogen (secondary N) is 1. The van der Waals surface area contributed by atoms with Crippen LogP contribution in [0.15, 0.2) is 35.7 Å². The monoisotopic (exact) mass is 346 g/mol. The molecule has 120 valence electrons. The highest BCUT2D eigenvalue weighted by Gasteiger charge is 2.18. The van der Waals surface area contributed by atoms with Crippen LogP contribution in [0.5, 0.6) is 0 Å². The Morgan fingerprint density at radius 1 is 1.48 bits per heavy atom. The summed E-state index contributed by atoms with van der Waals surface area (Å²) in [5, 5.41) is 6.46. The number of carbonyl (C=O) groups is 1. The van der Waals surface area contributed by atoms with Gasteiger partial charge in [0.05, 0.1) is 11.5 Å². The lowest BCUT2D eigenvalue weighted by Crippen LogP contribution is -2.27. The third-order valence-corrected chi connectivity index (χ3v) is 4.80. The Morgan fingerprint density at radius 3 is 3.00 bits per heavy atom. The molecule has 1 aliphatic rings. The number of carbonyl (C=O) groups excluding carboxylic acids is 1. The predicted molar refractivity (Wildman–Crippen MR) is 98.1 cm³/mol.